The number of carbonyl (C=O) groups excluding carboxylic acids is 1. The lowest BCUT2D eigenvalue weighted by molar-refractivity contribution is 0.0979. The lowest BCUT2D eigenvalue weighted by Crippen LogP contribution is -2.34. The lowest BCUT2D eigenvalue weighted by atomic mass is 10.2. The number of thiazole rings is 1. The summed E-state index contributed by atoms with van der Waals surface area (Å²) in [6, 6.07) is 9.52. The number of likely N-dealkylation sites (N-methyl/N-ethyl adjacent to an activating group) is 1. The van der Waals surface area contributed by atoms with E-state index in [1.54, 1.807) is 13.1 Å². The van der Waals surface area contributed by atoms with E-state index >= 15 is 0 Å². The fourth-order valence-electron chi connectivity index (χ4n) is 3.82. The summed E-state index contributed by atoms with van der Waals surface area (Å²) >= 11 is 1.33. The van der Waals surface area contributed by atoms with E-state index in [4.69, 9.17) is 14.2 Å². The number of benzene rings is 2. The second-order valence-electron chi connectivity index (χ2n) is 7.88. The molecule has 1 saturated heterocycles. The molecule has 1 fully saturated rings. The number of nitrogens with one attached hydrogen (secondary N) is 1. The van der Waals surface area contributed by atoms with E-state index in [9.17, 15) is 13.2 Å². The fraction of sp³-hybridized carbons (Fsp3) is 0.364. The maximum Gasteiger partial charge on any atom is 0.257 e. The Labute approximate surface area is 195 Å². The summed E-state index contributed by atoms with van der Waals surface area (Å²) in [4.78, 5) is 17.3. The van der Waals surface area contributed by atoms with Gasteiger partial charge in [-0.05, 0) is 37.1 Å². The monoisotopic (exact) mass is 489 g/mol. The van der Waals surface area contributed by atoms with Gasteiger partial charge in [-0.15, -0.1) is 0 Å². The van der Waals surface area contributed by atoms with E-state index in [1.807, 2.05) is 6.07 Å². The molecular weight excluding hydrogens is 466 g/mol. The zero-order valence-electron chi connectivity index (χ0n) is 17.9. The molecule has 3 aromatic rings. The average Bonchev–Trinajstić information content (AvgIpc) is 3.46. The molecule has 0 bridgehead atoms. The van der Waals surface area contributed by atoms with Crippen LogP contribution in [0.5, 0.6) is 11.5 Å². The van der Waals surface area contributed by atoms with Gasteiger partial charge in [-0.2, -0.15) is 4.31 Å². The number of sulfonamides is 1. The van der Waals surface area contributed by atoms with Gasteiger partial charge in [0.05, 0.1) is 21.2 Å². The van der Waals surface area contributed by atoms with Crippen molar-refractivity contribution in [3.05, 3.63) is 42.0 Å². The van der Waals surface area contributed by atoms with Crippen molar-refractivity contribution < 1.29 is 27.4 Å². The van der Waals surface area contributed by atoms with Crippen molar-refractivity contribution in [2.45, 2.75) is 23.8 Å². The molecule has 0 unspecified atom stereocenters. The highest BCUT2D eigenvalue weighted by molar-refractivity contribution is 7.89. The molecule has 1 amide bonds. The Morgan fingerprint density at radius 1 is 1.15 bits per heavy atom. The van der Waals surface area contributed by atoms with E-state index in [-0.39, 0.29) is 16.9 Å². The number of aromatic nitrogens is 1. The van der Waals surface area contributed by atoms with Crippen molar-refractivity contribution in [1.82, 2.24) is 9.29 Å². The standard InChI is InChI=1S/C22H23N3O6S2/c1-25(13-15-3-2-8-29-15)33(27,28)16-6-4-14(5-7-16)21(26)24-22-23-17-11-18-19(12-20(17)32-22)31-10-9-30-18/h4-7,11-12,15H,2-3,8-10,13H2,1H3,(H,23,24,26)/t15-/m0/s1. The number of anilines is 1. The summed E-state index contributed by atoms with van der Waals surface area (Å²) in [7, 11) is -2.13. The van der Waals surface area contributed by atoms with Crippen LogP contribution in [0.15, 0.2) is 41.3 Å². The summed E-state index contributed by atoms with van der Waals surface area (Å²) in [5, 5.41) is 3.21. The average molecular weight is 490 g/mol. The first-order valence-corrected chi connectivity index (χ1v) is 12.9. The van der Waals surface area contributed by atoms with Crippen molar-refractivity contribution in [2.24, 2.45) is 0 Å². The Kier molecular flexibility index (Phi) is 5.95. The predicted molar refractivity (Wildman–Crippen MR) is 124 cm³/mol. The Hall–Kier alpha value is -2.73. The molecule has 2 aliphatic rings. The Morgan fingerprint density at radius 3 is 2.58 bits per heavy atom. The van der Waals surface area contributed by atoms with Gasteiger partial charge in [0.1, 0.15) is 13.2 Å². The molecule has 1 aromatic heterocycles. The molecular formula is C22H23N3O6S2. The molecule has 0 radical (unpaired) electrons. The van der Waals surface area contributed by atoms with Crippen molar-refractivity contribution in [1.29, 1.82) is 0 Å². The molecule has 0 aliphatic carbocycles. The molecule has 33 heavy (non-hydrogen) atoms. The molecule has 11 heteroatoms. The number of carbonyl (C=O) groups is 1. The van der Waals surface area contributed by atoms with E-state index in [1.165, 1.54) is 39.9 Å². The van der Waals surface area contributed by atoms with E-state index in [0.717, 1.165) is 17.5 Å². The summed E-state index contributed by atoms with van der Waals surface area (Å²) in [6.07, 6.45) is 1.72. The van der Waals surface area contributed by atoms with Crippen LogP contribution in [0.2, 0.25) is 0 Å². The molecule has 2 aromatic carbocycles. The Bertz CT molecular complexity index is 1240. The number of hydrogen-bond acceptors (Lipinski definition) is 8. The third-order valence-electron chi connectivity index (χ3n) is 5.58. The highest BCUT2D eigenvalue weighted by Crippen LogP contribution is 2.38. The fourth-order valence-corrected chi connectivity index (χ4v) is 5.89. The lowest BCUT2D eigenvalue weighted by Gasteiger charge is -2.20. The second-order valence-corrected chi connectivity index (χ2v) is 11.0. The summed E-state index contributed by atoms with van der Waals surface area (Å²) in [5.41, 5.74) is 1.04. The molecule has 0 saturated carbocycles. The smallest absolute Gasteiger partial charge is 0.257 e. The first-order chi connectivity index (χ1) is 15.9. The van der Waals surface area contributed by atoms with Crippen LogP contribution in [0.25, 0.3) is 10.2 Å². The first-order valence-electron chi connectivity index (χ1n) is 10.6. The largest absolute Gasteiger partial charge is 0.486 e. The van der Waals surface area contributed by atoms with Gasteiger partial charge in [-0.25, -0.2) is 13.4 Å². The van der Waals surface area contributed by atoms with Gasteiger partial charge in [0.2, 0.25) is 10.0 Å². The third-order valence-corrected chi connectivity index (χ3v) is 8.35. The molecule has 2 aliphatic heterocycles. The van der Waals surface area contributed by atoms with E-state index in [0.29, 0.717) is 54.1 Å². The van der Waals surface area contributed by atoms with Crippen LogP contribution in [-0.2, 0) is 14.8 Å². The topological polar surface area (TPSA) is 107 Å². The molecule has 0 spiro atoms. The van der Waals surface area contributed by atoms with Gasteiger partial charge >= 0.3 is 0 Å². The number of rotatable bonds is 6. The van der Waals surface area contributed by atoms with Crippen LogP contribution in [0.4, 0.5) is 5.13 Å². The summed E-state index contributed by atoms with van der Waals surface area (Å²) < 4.78 is 44.5. The number of fused-ring (bicyclic) bond motifs is 2. The van der Waals surface area contributed by atoms with E-state index < -0.39 is 10.0 Å². The number of nitrogens with zero attached hydrogens (tertiary/aromatic N) is 2. The van der Waals surface area contributed by atoms with Crippen LogP contribution in [0.1, 0.15) is 23.2 Å². The molecule has 174 valence electrons. The molecule has 5 rings (SSSR count). The summed E-state index contributed by atoms with van der Waals surface area (Å²) in [6.45, 7) is 1.96. The van der Waals surface area contributed by atoms with E-state index in [2.05, 4.69) is 10.3 Å². The van der Waals surface area contributed by atoms with Gasteiger partial charge in [0.15, 0.2) is 16.6 Å². The number of hydrogen-bond donors (Lipinski definition) is 1. The first kappa shape index (κ1) is 22.1. The molecule has 3 heterocycles. The minimum atomic E-state index is -3.67. The third kappa shape index (κ3) is 4.54. The minimum absolute atomic E-state index is 0.0766. The van der Waals surface area contributed by atoms with Crippen LogP contribution >= 0.6 is 11.3 Å². The quantitative estimate of drug-likeness (QED) is 0.567. The van der Waals surface area contributed by atoms with Gasteiger partial charge in [0, 0.05) is 37.9 Å². The molecule has 1 N–H and O–H groups in total. The normalized spacial score (nSPS) is 18.1. The van der Waals surface area contributed by atoms with Crippen molar-refractivity contribution in [2.75, 3.05) is 38.7 Å². The van der Waals surface area contributed by atoms with Gasteiger partial charge in [-0.1, -0.05) is 11.3 Å². The molecule has 9 nitrogen and oxygen atoms in total. The Balaban J connectivity index is 1.28. The molecule has 1 atom stereocenters. The Morgan fingerprint density at radius 2 is 1.88 bits per heavy atom. The predicted octanol–water partition coefficient (Wildman–Crippen LogP) is 3.12. The highest BCUT2D eigenvalue weighted by atomic mass is 32.2. The maximum atomic E-state index is 12.8. The van der Waals surface area contributed by atoms with Crippen LogP contribution in [0.3, 0.4) is 0 Å². The van der Waals surface area contributed by atoms with Crippen LogP contribution in [0, 0.1) is 0 Å². The minimum Gasteiger partial charge on any atom is -0.486 e. The van der Waals surface area contributed by atoms with Crippen molar-refractivity contribution in [3.8, 4) is 11.5 Å². The number of ether oxygens (including phenoxy) is 3. The SMILES string of the molecule is CN(C[C@@H]1CCCO1)S(=O)(=O)c1ccc(C(=O)Nc2nc3cc4c(cc3s2)OCCO4)cc1. The van der Waals surface area contributed by atoms with Crippen LogP contribution < -0.4 is 14.8 Å². The highest BCUT2D eigenvalue weighted by Gasteiger charge is 2.26. The van der Waals surface area contributed by atoms with Crippen molar-refractivity contribution >= 4 is 42.6 Å². The number of amides is 1. The van der Waals surface area contributed by atoms with Gasteiger partial charge < -0.3 is 14.2 Å². The zero-order valence-corrected chi connectivity index (χ0v) is 19.6. The van der Waals surface area contributed by atoms with Gasteiger partial charge in [-0.3, -0.25) is 10.1 Å². The van der Waals surface area contributed by atoms with Crippen molar-refractivity contribution in [3.63, 3.8) is 0 Å². The van der Waals surface area contributed by atoms with Crippen LogP contribution in [-0.4, -0.2) is 63.1 Å². The maximum absolute atomic E-state index is 12.8. The summed E-state index contributed by atoms with van der Waals surface area (Å²) in [5.74, 6) is 0.928. The van der Waals surface area contributed by atoms with Gasteiger partial charge in [0.25, 0.3) is 5.91 Å². The second kappa shape index (κ2) is 8.90. The zero-order chi connectivity index (χ0) is 23.0.